The molecule has 140 valence electrons. The van der Waals surface area contributed by atoms with Gasteiger partial charge >= 0.3 is 0 Å². The zero-order valence-electron chi connectivity index (χ0n) is 15.1. The lowest BCUT2D eigenvalue weighted by Crippen LogP contribution is -2.64. The Bertz CT molecular complexity index is 875. The Labute approximate surface area is 157 Å². The van der Waals surface area contributed by atoms with Crippen molar-refractivity contribution in [2.75, 3.05) is 38.1 Å². The number of likely N-dealkylation sites (N-methyl/N-ethyl adjacent to an activating group) is 1. The van der Waals surface area contributed by atoms with Gasteiger partial charge in [-0.3, -0.25) is 19.5 Å². The van der Waals surface area contributed by atoms with Gasteiger partial charge in [0.1, 0.15) is 5.82 Å². The number of hydrogen-bond donors (Lipinski definition) is 0. The highest BCUT2D eigenvalue weighted by Gasteiger charge is 2.48. The number of piperazine rings is 1. The maximum atomic E-state index is 13.6. The van der Waals surface area contributed by atoms with Crippen LogP contribution in [0.2, 0.25) is 0 Å². The zero-order valence-corrected chi connectivity index (χ0v) is 15.1. The molecule has 4 rings (SSSR count). The van der Waals surface area contributed by atoms with Crippen molar-refractivity contribution in [1.29, 1.82) is 0 Å². The van der Waals surface area contributed by atoms with E-state index in [1.807, 2.05) is 16.8 Å². The fraction of sp³-hybridized carbons (Fsp3) is 0.350. The van der Waals surface area contributed by atoms with Crippen LogP contribution in [0, 0.1) is 5.82 Å². The number of likely N-dealkylation sites (tertiary alicyclic amines) is 1. The number of pyridine rings is 1. The quantitative estimate of drug-likeness (QED) is 0.811. The van der Waals surface area contributed by atoms with Gasteiger partial charge < -0.3 is 9.80 Å². The number of hydrogen-bond acceptors (Lipinski definition) is 4. The smallest absolute Gasteiger partial charge is 0.254 e. The average molecular weight is 368 g/mol. The molecule has 2 aromatic rings. The molecule has 3 heterocycles. The number of halogens is 1. The first-order chi connectivity index (χ1) is 13.0. The highest BCUT2D eigenvalue weighted by Crippen LogP contribution is 2.34. The minimum atomic E-state index is -0.366. The third kappa shape index (κ3) is 3.19. The first-order valence-electron chi connectivity index (χ1n) is 8.95. The predicted molar refractivity (Wildman–Crippen MR) is 98.9 cm³/mol. The van der Waals surface area contributed by atoms with Crippen molar-refractivity contribution >= 4 is 17.5 Å². The molecule has 1 aromatic heterocycles. The SMILES string of the molecule is CN1CC(=O)N(c2cccc(F)c2)C[C@]12CCN(C(=O)c1ccncc1)C2. The zero-order chi connectivity index (χ0) is 19.0. The summed E-state index contributed by atoms with van der Waals surface area (Å²) in [4.78, 5) is 34.8. The molecule has 1 atom stereocenters. The molecule has 0 saturated carbocycles. The van der Waals surface area contributed by atoms with Gasteiger partial charge in [0.15, 0.2) is 0 Å². The topological polar surface area (TPSA) is 56.8 Å². The van der Waals surface area contributed by atoms with Crippen LogP contribution in [0.15, 0.2) is 48.8 Å². The van der Waals surface area contributed by atoms with Crippen LogP contribution in [-0.2, 0) is 4.79 Å². The van der Waals surface area contributed by atoms with Crippen molar-refractivity contribution in [3.63, 3.8) is 0 Å². The van der Waals surface area contributed by atoms with E-state index in [1.165, 1.54) is 12.1 Å². The van der Waals surface area contributed by atoms with Gasteiger partial charge in [-0.05, 0) is 43.8 Å². The summed E-state index contributed by atoms with van der Waals surface area (Å²) in [6.45, 7) is 1.83. The van der Waals surface area contributed by atoms with E-state index >= 15 is 0 Å². The van der Waals surface area contributed by atoms with Gasteiger partial charge in [0, 0.05) is 43.3 Å². The molecule has 0 N–H and O–H groups in total. The minimum absolute atomic E-state index is 0.0307. The van der Waals surface area contributed by atoms with Gasteiger partial charge in [0.2, 0.25) is 5.91 Å². The summed E-state index contributed by atoms with van der Waals surface area (Å²) in [5, 5.41) is 0. The summed E-state index contributed by atoms with van der Waals surface area (Å²) >= 11 is 0. The molecule has 2 aliphatic rings. The van der Waals surface area contributed by atoms with Crippen molar-refractivity contribution in [3.05, 3.63) is 60.2 Å². The Hall–Kier alpha value is -2.80. The predicted octanol–water partition coefficient (Wildman–Crippen LogP) is 1.78. The molecule has 6 nitrogen and oxygen atoms in total. The van der Waals surface area contributed by atoms with Crippen LogP contribution in [0.25, 0.3) is 0 Å². The summed E-state index contributed by atoms with van der Waals surface area (Å²) < 4.78 is 13.6. The van der Waals surface area contributed by atoms with E-state index in [0.717, 1.165) is 6.42 Å². The second kappa shape index (κ2) is 6.74. The standard InChI is InChI=1S/C20H21FN4O2/c1-23-12-18(26)25(17-4-2-3-16(21)11-17)14-20(23)7-10-24(13-20)19(27)15-5-8-22-9-6-15/h2-6,8-9,11H,7,10,12-14H2,1H3/t20-/m1/s1. The third-order valence-corrected chi connectivity index (χ3v) is 5.60. The molecular weight excluding hydrogens is 347 g/mol. The van der Waals surface area contributed by atoms with Gasteiger partial charge in [-0.15, -0.1) is 0 Å². The van der Waals surface area contributed by atoms with Crippen LogP contribution < -0.4 is 4.90 Å². The summed E-state index contributed by atoms with van der Waals surface area (Å²) in [6, 6.07) is 9.52. The van der Waals surface area contributed by atoms with E-state index in [-0.39, 0.29) is 29.7 Å². The highest BCUT2D eigenvalue weighted by molar-refractivity contribution is 5.96. The largest absolute Gasteiger partial charge is 0.337 e. The Balaban J connectivity index is 1.57. The number of benzene rings is 1. The molecule has 7 heteroatoms. The third-order valence-electron chi connectivity index (χ3n) is 5.60. The van der Waals surface area contributed by atoms with Crippen LogP contribution in [0.5, 0.6) is 0 Å². The van der Waals surface area contributed by atoms with Gasteiger partial charge in [0.05, 0.1) is 12.1 Å². The van der Waals surface area contributed by atoms with Crippen LogP contribution in [0.1, 0.15) is 16.8 Å². The maximum absolute atomic E-state index is 13.6. The van der Waals surface area contributed by atoms with Crippen molar-refractivity contribution in [2.24, 2.45) is 0 Å². The van der Waals surface area contributed by atoms with E-state index < -0.39 is 0 Å². The summed E-state index contributed by atoms with van der Waals surface area (Å²) in [5.74, 6) is -0.460. The van der Waals surface area contributed by atoms with Crippen molar-refractivity contribution in [1.82, 2.24) is 14.8 Å². The molecule has 2 aliphatic heterocycles. The van der Waals surface area contributed by atoms with Gasteiger partial charge in [0.25, 0.3) is 5.91 Å². The maximum Gasteiger partial charge on any atom is 0.254 e. The fourth-order valence-electron chi connectivity index (χ4n) is 3.99. The first-order valence-corrected chi connectivity index (χ1v) is 8.95. The fourth-order valence-corrected chi connectivity index (χ4v) is 3.99. The minimum Gasteiger partial charge on any atom is -0.337 e. The molecule has 0 bridgehead atoms. The normalized spacial score (nSPS) is 23.3. The average Bonchev–Trinajstić information content (AvgIpc) is 3.10. The molecule has 0 aliphatic carbocycles. The van der Waals surface area contributed by atoms with Crippen molar-refractivity contribution < 1.29 is 14.0 Å². The molecule has 2 amide bonds. The van der Waals surface area contributed by atoms with Crippen LogP contribution >= 0.6 is 0 Å². The van der Waals surface area contributed by atoms with E-state index in [0.29, 0.717) is 30.9 Å². The monoisotopic (exact) mass is 368 g/mol. The molecule has 2 fully saturated rings. The molecule has 2 saturated heterocycles. The summed E-state index contributed by atoms with van der Waals surface area (Å²) in [7, 11) is 1.92. The van der Waals surface area contributed by atoms with Crippen LogP contribution in [0.3, 0.4) is 0 Å². The van der Waals surface area contributed by atoms with Crippen LogP contribution in [0.4, 0.5) is 10.1 Å². The summed E-state index contributed by atoms with van der Waals surface area (Å²) in [6.07, 6.45) is 3.98. The van der Waals surface area contributed by atoms with E-state index in [2.05, 4.69) is 4.98 Å². The van der Waals surface area contributed by atoms with Crippen molar-refractivity contribution in [2.45, 2.75) is 12.0 Å². The molecule has 1 aromatic carbocycles. The lowest BCUT2D eigenvalue weighted by Gasteiger charge is -2.46. The second-order valence-corrected chi connectivity index (χ2v) is 7.25. The Morgan fingerprint density at radius 2 is 1.96 bits per heavy atom. The highest BCUT2D eigenvalue weighted by atomic mass is 19.1. The van der Waals surface area contributed by atoms with Crippen molar-refractivity contribution in [3.8, 4) is 0 Å². The van der Waals surface area contributed by atoms with Gasteiger partial charge in [-0.1, -0.05) is 6.07 Å². The number of carbonyl (C=O) groups is 2. The number of nitrogens with zero attached hydrogens (tertiary/aromatic N) is 4. The Kier molecular flexibility index (Phi) is 4.39. The molecule has 0 radical (unpaired) electrons. The molecule has 27 heavy (non-hydrogen) atoms. The Morgan fingerprint density at radius 1 is 1.19 bits per heavy atom. The first kappa shape index (κ1) is 17.6. The van der Waals surface area contributed by atoms with Crippen LogP contribution in [-0.4, -0.2) is 65.4 Å². The summed E-state index contributed by atoms with van der Waals surface area (Å²) in [5.41, 5.74) is 0.841. The molecule has 0 unspecified atom stereocenters. The lowest BCUT2D eigenvalue weighted by atomic mass is 9.92. The Morgan fingerprint density at radius 3 is 2.70 bits per heavy atom. The van der Waals surface area contributed by atoms with E-state index in [9.17, 15) is 14.0 Å². The molecular formula is C20H21FN4O2. The van der Waals surface area contributed by atoms with Gasteiger partial charge in [-0.2, -0.15) is 0 Å². The van der Waals surface area contributed by atoms with Gasteiger partial charge in [-0.25, -0.2) is 4.39 Å². The number of rotatable bonds is 2. The second-order valence-electron chi connectivity index (χ2n) is 7.25. The number of carbonyl (C=O) groups excluding carboxylic acids is 2. The van der Waals surface area contributed by atoms with E-state index in [4.69, 9.17) is 0 Å². The number of anilines is 1. The number of amides is 2. The van der Waals surface area contributed by atoms with E-state index in [1.54, 1.807) is 41.6 Å². The number of aromatic nitrogens is 1. The lowest BCUT2D eigenvalue weighted by molar-refractivity contribution is -0.123. The molecule has 1 spiro atoms.